The van der Waals surface area contributed by atoms with Crippen LogP contribution in [0, 0.1) is 13.8 Å². The third-order valence-electron chi connectivity index (χ3n) is 4.88. The Balaban J connectivity index is 1.59. The summed E-state index contributed by atoms with van der Waals surface area (Å²) in [4.78, 5) is 26.3. The van der Waals surface area contributed by atoms with Gasteiger partial charge in [-0.05, 0) is 56.9 Å². The molecule has 0 spiro atoms. The van der Waals surface area contributed by atoms with Crippen LogP contribution in [0.1, 0.15) is 49.6 Å². The van der Waals surface area contributed by atoms with Gasteiger partial charge in [0.25, 0.3) is 0 Å². The summed E-state index contributed by atoms with van der Waals surface area (Å²) in [6.45, 7) is 6.81. The van der Waals surface area contributed by atoms with Crippen molar-refractivity contribution in [1.82, 2.24) is 14.7 Å². The Hall–Kier alpha value is -2.63. The van der Waals surface area contributed by atoms with E-state index in [1.807, 2.05) is 55.8 Å². The second-order valence-corrected chi connectivity index (χ2v) is 7.11. The lowest BCUT2D eigenvalue weighted by Crippen LogP contribution is -2.41. The number of likely N-dealkylation sites (tertiary alicyclic amines) is 1. The maximum atomic E-state index is 12.4. The number of hydrogen-bond donors (Lipinski definition) is 0. The van der Waals surface area contributed by atoms with Crippen molar-refractivity contribution in [2.75, 3.05) is 6.54 Å². The fraction of sp³-hybridized carbons (Fsp3) is 0.476. The van der Waals surface area contributed by atoms with Crippen LogP contribution < -0.4 is 0 Å². The second kappa shape index (κ2) is 8.37. The van der Waals surface area contributed by atoms with Gasteiger partial charge in [0.2, 0.25) is 5.91 Å². The average molecular weight is 369 g/mol. The lowest BCUT2D eigenvalue weighted by Gasteiger charge is -2.23. The Morgan fingerprint density at radius 3 is 2.59 bits per heavy atom. The van der Waals surface area contributed by atoms with Crippen molar-refractivity contribution in [1.29, 1.82) is 0 Å². The van der Waals surface area contributed by atoms with Crippen molar-refractivity contribution in [3.8, 4) is 5.69 Å². The molecule has 2 aromatic rings. The molecule has 1 saturated heterocycles. The van der Waals surface area contributed by atoms with Crippen molar-refractivity contribution in [2.45, 2.75) is 59.1 Å². The lowest BCUT2D eigenvalue weighted by molar-refractivity contribution is -0.154. The number of esters is 1. The molecule has 0 radical (unpaired) electrons. The SMILES string of the molecule is CCCC(=O)N1CCCC1C(=O)OCc1ccc(-n2nc(C)cc2C)cc1. The highest BCUT2D eigenvalue weighted by Crippen LogP contribution is 2.21. The summed E-state index contributed by atoms with van der Waals surface area (Å²) in [5.74, 6) is -0.259. The van der Waals surface area contributed by atoms with Gasteiger partial charge in [0.1, 0.15) is 12.6 Å². The van der Waals surface area contributed by atoms with Crippen LogP contribution in [0.25, 0.3) is 5.69 Å². The molecule has 0 aliphatic carbocycles. The van der Waals surface area contributed by atoms with Crippen molar-refractivity contribution < 1.29 is 14.3 Å². The number of carbonyl (C=O) groups is 2. The first kappa shape index (κ1) is 19.1. The molecular formula is C21H27N3O3. The second-order valence-electron chi connectivity index (χ2n) is 7.11. The van der Waals surface area contributed by atoms with E-state index in [2.05, 4.69) is 5.10 Å². The molecule has 6 nitrogen and oxygen atoms in total. The first-order chi connectivity index (χ1) is 13.0. The largest absolute Gasteiger partial charge is 0.459 e. The summed E-state index contributed by atoms with van der Waals surface area (Å²) in [6, 6.07) is 9.41. The molecule has 27 heavy (non-hydrogen) atoms. The third kappa shape index (κ3) is 4.38. The first-order valence-corrected chi connectivity index (χ1v) is 9.58. The molecule has 1 aromatic heterocycles. The normalized spacial score (nSPS) is 16.6. The Morgan fingerprint density at radius 2 is 1.96 bits per heavy atom. The molecule has 1 aliphatic heterocycles. The molecule has 3 rings (SSSR count). The van der Waals surface area contributed by atoms with Gasteiger partial charge in [-0.1, -0.05) is 19.1 Å². The number of rotatable bonds is 6. The molecule has 1 atom stereocenters. The molecular weight excluding hydrogens is 342 g/mol. The van der Waals surface area contributed by atoms with E-state index in [0.29, 0.717) is 19.4 Å². The number of carbonyl (C=O) groups excluding carboxylic acids is 2. The molecule has 2 heterocycles. The van der Waals surface area contributed by atoms with Gasteiger partial charge < -0.3 is 9.64 Å². The van der Waals surface area contributed by atoms with Gasteiger partial charge in [0.05, 0.1) is 11.4 Å². The van der Waals surface area contributed by atoms with Gasteiger partial charge in [0.15, 0.2) is 0 Å². The van der Waals surface area contributed by atoms with Crippen molar-refractivity contribution in [3.63, 3.8) is 0 Å². The van der Waals surface area contributed by atoms with Crippen molar-refractivity contribution >= 4 is 11.9 Å². The van der Waals surface area contributed by atoms with Gasteiger partial charge in [-0.3, -0.25) is 4.79 Å². The number of aryl methyl sites for hydroxylation is 2. The highest BCUT2D eigenvalue weighted by atomic mass is 16.5. The quantitative estimate of drug-likeness (QED) is 0.733. The summed E-state index contributed by atoms with van der Waals surface area (Å²) >= 11 is 0. The Labute approximate surface area is 160 Å². The van der Waals surface area contributed by atoms with Crippen LogP contribution in [0.2, 0.25) is 0 Å². The number of aromatic nitrogens is 2. The van der Waals surface area contributed by atoms with Crippen LogP contribution in [0.4, 0.5) is 0 Å². The summed E-state index contributed by atoms with van der Waals surface area (Å²) in [6.07, 6.45) is 2.81. The monoisotopic (exact) mass is 369 g/mol. The molecule has 1 amide bonds. The van der Waals surface area contributed by atoms with Crippen LogP contribution in [0.5, 0.6) is 0 Å². The van der Waals surface area contributed by atoms with Gasteiger partial charge in [0, 0.05) is 18.7 Å². The molecule has 1 aliphatic rings. The summed E-state index contributed by atoms with van der Waals surface area (Å²) in [5.41, 5.74) is 3.94. The zero-order valence-electron chi connectivity index (χ0n) is 16.3. The summed E-state index contributed by atoms with van der Waals surface area (Å²) in [5, 5.41) is 4.47. The van der Waals surface area contributed by atoms with Crippen LogP contribution in [0.3, 0.4) is 0 Å². The molecule has 1 fully saturated rings. The van der Waals surface area contributed by atoms with E-state index in [9.17, 15) is 9.59 Å². The number of nitrogens with zero attached hydrogens (tertiary/aromatic N) is 3. The smallest absolute Gasteiger partial charge is 0.329 e. The predicted octanol–water partition coefficient (Wildman–Crippen LogP) is 3.32. The van der Waals surface area contributed by atoms with Gasteiger partial charge >= 0.3 is 5.97 Å². The van der Waals surface area contributed by atoms with E-state index in [0.717, 1.165) is 35.5 Å². The third-order valence-corrected chi connectivity index (χ3v) is 4.88. The zero-order valence-corrected chi connectivity index (χ0v) is 16.3. The topological polar surface area (TPSA) is 64.4 Å². The fourth-order valence-corrected chi connectivity index (χ4v) is 3.54. The van der Waals surface area contributed by atoms with E-state index >= 15 is 0 Å². The van der Waals surface area contributed by atoms with Crippen LogP contribution in [0.15, 0.2) is 30.3 Å². The molecule has 144 valence electrons. The molecule has 6 heteroatoms. The standard InChI is InChI=1S/C21H27N3O3/c1-4-6-20(25)23-12-5-7-19(23)21(26)27-14-17-8-10-18(11-9-17)24-16(3)13-15(2)22-24/h8-11,13,19H,4-7,12,14H2,1-3H3. The maximum absolute atomic E-state index is 12.4. The van der Waals surface area contributed by atoms with E-state index in [4.69, 9.17) is 4.74 Å². The van der Waals surface area contributed by atoms with E-state index < -0.39 is 6.04 Å². The van der Waals surface area contributed by atoms with Gasteiger partial charge in [-0.15, -0.1) is 0 Å². The van der Waals surface area contributed by atoms with Crippen LogP contribution >= 0.6 is 0 Å². The Morgan fingerprint density at radius 1 is 1.22 bits per heavy atom. The van der Waals surface area contributed by atoms with Gasteiger partial charge in [-0.2, -0.15) is 5.10 Å². The molecule has 0 N–H and O–H groups in total. The highest BCUT2D eigenvalue weighted by Gasteiger charge is 2.34. The van der Waals surface area contributed by atoms with Crippen LogP contribution in [-0.2, 0) is 20.9 Å². The van der Waals surface area contributed by atoms with Gasteiger partial charge in [-0.25, -0.2) is 9.48 Å². The van der Waals surface area contributed by atoms with Crippen LogP contribution in [-0.4, -0.2) is 39.1 Å². The van der Waals surface area contributed by atoms with Crippen molar-refractivity contribution in [2.24, 2.45) is 0 Å². The minimum absolute atomic E-state index is 0.0474. The van der Waals surface area contributed by atoms with E-state index in [-0.39, 0.29) is 18.5 Å². The van der Waals surface area contributed by atoms with E-state index in [1.165, 1.54) is 0 Å². The average Bonchev–Trinajstić information content (AvgIpc) is 3.27. The highest BCUT2D eigenvalue weighted by molar-refractivity contribution is 5.85. The number of benzene rings is 1. The molecule has 1 unspecified atom stereocenters. The maximum Gasteiger partial charge on any atom is 0.329 e. The lowest BCUT2D eigenvalue weighted by atomic mass is 10.2. The Kier molecular flexibility index (Phi) is 5.94. The van der Waals surface area contributed by atoms with E-state index in [1.54, 1.807) is 4.90 Å². The number of hydrogen-bond acceptors (Lipinski definition) is 4. The number of ether oxygens (including phenoxy) is 1. The predicted molar refractivity (Wildman–Crippen MR) is 102 cm³/mol. The Bertz CT molecular complexity index is 811. The molecule has 1 aromatic carbocycles. The molecule has 0 saturated carbocycles. The molecule has 0 bridgehead atoms. The minimum atomic E-state index is -0.432. The summed E-state index contributed by atoms with van der Waals surface area (Å²) in [7, 11) is 0. The summed E-state index contributed by atoms with van der Waals surface area (Å²) < 4.78 is 7.38. The minimum Gasteiger partial charge on any atom is -0.459 e. The van der Waals surface area contributed by atoms with Crippen molar-refractivity contribution in [3.05, 3.63) is 47.3 Å². The number of amides is 1. The zero-order chi connectivity index (χ0) is 19.4. The first-order valence-electron chi connectivity index (χ1n) is 9.58. The fourth-order valence-electron chi connectivity index (χ4n) is 3.54.